The van der Waals surface area contributed by atoms with Crippen LogP contribution < -0.4 is 5.73 Å². The Hall–Kier alpha value is -0.550. The van der Waals surface area contributed by atoms with E-state index in [0.29, 0.717) is 4.47 Å². The Bertz CT molecular complexity index is 302. The number of pyridine rings is 1. The second kappa shape index (κ2) is 4.11. The van der Waals surface area contributed by atoms with Crippen molar-refractivity contribution < 1.29 is 8.78 Å². The lowest BCUT2D eigenvalue weighted by Crippen LogP contribution is -2.06. The van der Waals surface area contributed by atoms with Crippen LogP contribution in [0.2, 0.25) is 0 Å². The van der Waals surface area contributed by atoms with Gasteiger partial charge in [0.2, 0.25) is 0 Å². The molecule has 0 aliphatic heterocycles. The van der Waals surface area contributed by atoms with E-state index in [1.807, 2.05) is 0 Å². The molecule has 1 heterocycles. The molecular formula is C8H9BrF2N2. The molecule has 2 nitrogen and oxygen atoms in total. The van der Waals surface area contributed by atoms with Gasteiger partial charge in [-0.1, -0.05) is 0 Å². The van der Waals surface area contributed by atoms with Crippen LogP contribution in [0.1, 0.15) is 30.6 Å². The number of nitrogens with two attached hydrogens (primary N) is 1. The van der Waals surface area contributed by atoms with Crippen molar-refractivity contribution in [3.8, 4) is 0 Å². The van der Waals surface area contributed by atoms with E-state index in [4.69, 9.17) is 5.73 Å². The molecule has 0 bridgehead atoms. The maximum absolute atomic E-state index is 12.2. The first-order chi connectivity index (χ1) is 6.02. The summed E-state index contributed by atoms with van der Waals surface area (Å²) in [5, 5.41) is 0. The molecule has 1 atom stereocenters. The molecule has 0 saturated carbocycles. The van der Waals surface area contributed by atoms with Crippen molar-refractivity contribution in [3.63, 3.8) is 0 Å². The number of rotatable bonds is 2. The van der Waals surface area contributed by atoms with Gasteiger partial charge >= 0.3 is 0 Å². The van der Waals surface area contributed by atoms with Crippen molar-refractivity contribution >= 4 is 15.9 Å². The monoisotopic (exact) mass is 250 g/mol. The molecule has 1 rings (SSSR count). The van der Waals surface area contributed by atoms with Crippen molar-refractivity contribution in [2.24, 2.45) is 5.73 Å². The Kier molecular flexibility index (Phi) is 3.33. The molecule has 0 aliphatic rings. The van der Waals surface area contributed by atoms with Gasteiger partial charge in [-0.2, -0.15) is 0 Å². The van der Waals surface area contributed by atoms with E-state index in [-0.39, 0.29) is 11.7 Å². The molecule has 5 heteroatoms. The van der Waals surface area contributed by atoms with Crippen molar-refractivity contribution in [2.45, 2.75) is 19.4 Å². The van der Waals surface area contributed by atoms with E-state index in [0.717, 1.165) is 5.56 Å². The molecule has 2 N–H and O–H groups in total. The van der Waals surface area contributed by atoms with Crippen LogP contribution >= 0.6 is 15.9 Å². The third-order valence-corrected chi connectivity index (χ3v) is 2.26. The average Bonchev–Trinajstić information content (AvgIpc) is 2.03. The number of alkyl halides is 2. The van der Waals surface area contributed by atoms with Gasteiger partial charge in [0.1, 0.15) is 5.69 Å². The van der Waals surface area contributed by atoms with Gasteiger partial charge in [0, 0.05) is 16.7 Å². The van der Waals surface area contributed by atoms with E-state index in [2.05, 4.69) is 20.9 Å². The van der Waals surface area contributed by atoms with Gasteiger partial charge in [-0.15, -0.1) is 0 Å². The van der Waals surface area contributed by atoms with Crippen LogP contribution in [0, 0.1) is 0 Å². The topological polar surface area (TPSA) is 38.9 Å². The van der Waals surface area contributed by atoms with Crippen LogP contribution in [-0.4, -0.2) is 4.98 Å². The third kappa shape index (κ3) is 2.45. The zero-order valence-electron chi connectivity index (χ0n) is 6.97. The molecule has 0 fully saturated rings. The summed E-state index contributed by atoms with van der Waals surface area (Å²) < 4.78 is 24.8. The van der Waals surface area contributed by atoms with Crippen LogP contribution in [0.4, 0.5) is 8.78 Å². The zero-order valence-corrected chi connectivity index (χ0v) is 8.55. The summed E-state index contributed by atoms with van der Waals surface area (Å²) >= 11 is 3.02. The van der Waals surface area contributed by atoms with E-state index < -0.39 is 6.43 Å². The fraction of sp³-hybridized carbons (Fsp3) is 0.375. The van der Waals surface area contributed by atoms with Gasteiger partial charge in [0.15, 0.2) is 0 Å². The fourth-order valence-corrected chi connectivity index (χ4v) is 1.41. The van der Waals surface area contributed by atoms with Crippen LogP contribution in [0.25, 0.3) is 0 Å². The SMILES string of the molecule is C[C@H](N)c1cnc(C(F)F)c(Br)c1. The number of hydrogen-bond donors (Lipinski definition) is 1. The summed E-state index contributed by atoms with van der Waals surface area (Å²) in [7, 11) is 0. The fourth-order valence-electron chi connectivity index (χ4n) is 0.873. The highest BCUT2D eigenvalue weighted by Gasteiger charge is 2.14. The number of nitrogens with zero attached hydrogens (tertiary/aromatic N) is 1. The maximum atomic E-state index is 12.2. The molecule has 0 unspecified atom stereocenters. The summed E-state index contributed by atoms with van der Waals surface area (Å²) in [6.07, 6.45) is -1.19. The molecule has 0 spiro atoms. The first-order valence-corrected chi connectivity index (χ1v) is 4.50. The molecule has 1 aromatic rings. The number of hydrogen-bond acceptors (Lipinski definition) is 2. The summed E-state index contributed by atoms with van der Waals surface area (Å²) in [6, 6.07) is 1.37. The predicted octanol–water partition coefficient (Wildman–Crippen LogP) is 2.80. The highest BCUT2D eigenvalue weighted by Crippen LogP contribution is 2.26. The lowest BCUT2D eigenvalue weighted by molar-refractivity contribution is 0.145. The predicted molar refractivity (Wildman–Crippen MR) is 49.5 cm³/mol. The normalized spacial score (nSPS) is 13.4. The molecule has 0 aliphatic carbocycles. The Morgan fingerprint density at radius 2 is 2.15 bits per heavy atom. The molecule has 0 saturated heterocycles. The molecule has 0 amide bonds. The van der Waals surface area contributed by atoms with Gasteiger partial charge in [-0.05, 0) is 34.5 Å². The van der Waals surface area contributed by atoms with E-state index in [9.17, 15) is 8.78 Å². The number of halogens is 3. The lowest BCUT2D eigenvalue weighted by Gasteiger charge is -2.07. The standard InChI is InChI=1S/C8H9BrF2N2/c1-4(12)5-2-6(9)7(8(10)11)13-3-5/h2-4,8H,12H2,1H3/t4-/m0/s1. The van der Waals surface area contributed by atoms with Gasteiger partial charge in [0.25, 0.3) is 6.43 Å². The Labute approximate surface area is 83.3 Å². The van der Waals surface area contributed by atoms with Gasteiger partial charge in [-0.25, -0.2) is 8.78 Å². The average molecular weight is 251 g/mol. The lowest BCUT2D eigenvalue weighted by atomic mass is 10.1. The molecule has 0 radical (unpaired) electrons. The van der Waals surface area contributed by atoms with E-state index in [1.54, 1.807) is 13.0 Å². The summed E-state index contributed by atoms with van der Waals surface area (Å²) in [6.45, 7) is 1.77. The van der Waals surface area contributed by atoms with Crippen molar-refractivity contribution in [1.29, 1.82) is 0 Å². The first-order valence-electron chi connectivity index (χ1n) is 3.71. The van der Waals surface area contributed by atoms with Crippen LogP contribution in [-0.2, 0) is 0 Å². The maximum Gasteiger partial charge on any atom is 0.281 e. The Balaban J connectivity index is 3.06. The molecule has 1 aromatic heterocycles. The smallest absolute Gasteiger partial charge is 0.281 e. The minimum Gasteiger partial charge on any atom is -0.324 e. The van der Waals surface area contributed by atoms with Crippen molar-refractivity contribution in [3.05, 3.63) is 28.0 Å². The highest BCUT2D eigenvalue weighted by atomic mass is 79.9. The van der Waals surface area contributed by atoms with Gasteiger partial charge in [-0.3, -0.25) is 4.98 Å². The molecular weight excluding hydrogens is 242 g/mol. The largest absolute Gasteiger partial charge is 0.324 e. The minimum atomic E-state index is -2.56. The van der Waals surface area contributed by atoms with Gasteiger partial charge in [0.05, 0.1) is 0 Å². The van der Waals surface area contributed by atoms with E-state index in [1.165, 1.54) is 6.20 Å². The molecule has 72 valence electrons. The highest BCUT2D eigenvalue weighted by molar-refractivity contribution is 9.10. The Morgan fingerprint density at radius 3 is 2.54 bits per heavy atom. The summed E-state index contributed by atoms with van der Waals surface area (Å²) in [4.78, 5) is 3.62. The summed E-state index contributed by atoms with van der Waals surface area (Å²) in [5.41, 5.74) is 6.05. The number of aromatic nitrogens is 1. The minimum absolute atomic E-state index is 0.199. The van der Waals surface area contributed by atoms with E-state index >= 15 is 0 Å². The van der Waals surface area contributed by atoms with Gasteiger partial charge < -0.3 is 5.73 Å². The van der Waals surface area contributed by atoms with Crippen LogP contribution in [0.15, 0.2) is 16.7 Å². The Morgan fingerprint density at radius 1 is 1.54 bits per heavy atom. The first kappa shape index (κ1) is 10.5. The quantitative estimate of drug-likeness (QED) is 0.877. The second-order valence-electron chi connectivity index (χ2n) is 2.73. The third-order valence-electron chi connectivity index (χ3n) is 1.62. The second-order valence-corrected chi connectivity index (χ2v) is 3.58. The van der Waals surface area contributed by atoms with Crippen LogP contribution in [0.3, 0.4) is 0 Å². The molecule has 13 heavy (non-hydrogen) atoms. The zero-order chi connectivity index (χ0) is 10.0. The molecule has 0 aromatic carbocycles. The van der Waals surface area contributed by atoms with Crippen LogP contribution in [0.5, 0.6) is 0 Å². The van der Waals surface area contributed by atoms with Crippen molar-refractivity contribution in [1.82, 2.24) is 4.98 Å². The summed E-state index contributed by atoms with van der Waals surface area (Å²) in [5.74, 6) is 0. The van der Waals surface area contributed by atoms with Crippen molar-refractivity contribution in [2.75, 3.05) is 0 Å².